The van der Waals surface area contributed by atoms with Crippen LogP contribution in [0.25, 0.3) is 0 Å². The van der Waals surface area contributed by atoms with E-state index in [9.17, 15) is 15.0 Å². The molecule has 1 aliphatic rings. The maximum atomic E-state index is 12.1. The second kappa shape index (κ2) is 6.67. The largest absolute Gasteiger partial charge is 0.444 e. The number of piperidine rings is 1. The first kappa shape index (κ1) is 18.0. The maximum absolute atomic E-state index is 12.1. The summed E-state index contributed by atoms with van der Waals surface area (Å²) in [7, 11) is 0. The van der Waals surface area contributed by atoms with Crippen molar-refractivity contribution < 1.29 is 19.7 Å². The Morgan fingerprint density at radius 2 is 1.96 bits per heavy atom. The minimum atomic E-state index is -1.07. The lowest BCUT2D eigenvalue weighted by molar-refractivity contribution is -0.0365. The van der Waals surface area contributed by atoms with Gasteiger partial charge in [0, 0.05) is 18.1 Å². The molecule has 0 aliphatic carbocycles. The molecule has 1 saturated heterocycles. The van der Waals surface area contributed by atoms with Gasteiger partial charge in [0.05, 0.1) is 12.2 Å². The van der Waals surface area contributed by atoms with E-state index in [0.717, 1.165) is 0 Å². The fourth-order valence-corrected chi connectivity index (χ4v) is 3.00. The first-order valence-corrected chi connectivity index (χ1v) is 8.12. The summed E-state index contributed by atoms with van der Waals surface area (Å²) in [5.74, 6) is 0. The predicted octanol–water partition coefficient (Wildman–Crippen LogP) is 3.05. The summed E-state index contributed by atoms with van der Waals surface area (Å²) in [6.07, 6.45) is 0.417. The number of aliphatic hydroxyl groups excluding tert-OH is 1. The number of carbonyl (C=O) groups is 1. The van der Waals surface area contributed by atoms with E-state index in [0.29, 0.717) is 42.1 Å². The second-order valence-corrected chi connectivity index (χ2v) is 7.39. The molecule has 0 bridgehead atoms. The number of halogens is 1. The second-order valence-electron chi connectivity index (χ2n) is 6.96. The number of nitrogens with zero attached hydrogens (tertiary/aromatic N) is 1. The van der Waals surface area contributed by atoms with Crippen molar-refractivity contribution in [3.05, 3.63) is 34.3 Å². The van der Waals surface area contributed by atoms with Crippen LogP contribution in [-0.4, -0.2) is 39.9 Å². The third-order valence-corrected chi connectivity index (χ3v) is 4.22. The quantitative estimate of drug-likeness (QED) is 0.867. The van der Waals surface area contributed by atoms with Crippen molar-refractivity contribution in [3.63, 3.8) is 0 Å². The molecule has 2 rings (SSSR count). The molecule has 1 fully saturated rings. The molecule has 1 aromatic rings. The van der Waals surface area contributed by atoms with Crippen LogP contribution in [0.1, 0.15) is 44.7 Å². The number of amides is 1. The molecule has 5 nitrogen and oxygen atoms in total. The minimum Gasteiger partial charge on any atom is -0.444 e. The molecule has 128 valence electrons. The zero-order valence-electron chi connectivity index (χ0n) is 13.8. The van der Waals surface area contributed by atoms with Crippen LogP contribution in [0.4, 0.5) is 4.79 Å². The van der Waals surface area contributed by atoms with E-state index in [1.54, 1.807) is 23.1 Å². The number of likely N-dealkylation sites (tertiary alicyclic amines) is 1. The fraction of sp³-hybridized carbons (Fsp3) is 0.588. The van der Waals surface area contributed by atoms with E-state index < -0.39 is 11.2 Å². The zero-order chi connectivity index (χ0) is 17.3. The van der Waals surface area contributed by atoms with Gasteiger partial charge in [0.1, 0.15) is 5.60 Å². The first-order chi connectivity index (χ1) is 10.6. The molecule has 23 heavy (non-hydrogen) atoms. The van der Waals surface area contributed by atoms with Crippen LogP contribution in [0.2, 0.25) is 5.02 Å². The van der Waals surface area contributed by atoms with Gasteiger partial charge < -0.3 is 19.8 Å². The summed E-state index contributed by atoms with van der Waals surface area (Å²) in [5.41, 5.74) is -0.314. The summed E-state index contributed by atoms with van der Waals surface area (Å²) in [4.78, 5) is 13.7. The normalized spacial score (nSPS) is 17.9. The molecular formula is C17H24ClNO4. The monoisotopic (exact) mass is 341 g/mol. The van der Waals surface area contributed by atoms with Crippen LogP contribution >= 0.6 is 11.6 Å². The van der Waals surface area contributed by atoms with E-state index in [2.05, 4.69) is 0 Å². The van der Waals surface area contributed by atoms with Crippen LogP contribution < -0.4 is 0 Å². The van der Waals surface area contributed by atoms with Crippen molar-refractivity contribution in [3.8, 4) is 0 Å². The van der Waals surface area contributed by atoms with Gasteiger partial charge >= 0.3 is 6.09 Å². The average Bonchev–Trinajstić information content (AvgIpc) is 2.45. The molecule has 0 spiro atoms. The van der Waals surface area contributed by atoms with Crippen LogP contribution in [0.5, 0.6) is 0 Å². The standard InChI is InChI=1S/C17H24ClNO4/c1-16(2,3)23-15(21)19-8-6-17(22,7-9-19)14-5-4-13(18)10-12(14)11-20/h4-5,10,20,22H,6-9,11H2,1-3H3. The summed E-state index contributed by atoms with van der Waals surface area (Å²) >= 11 is 5.94. The summed E-state index contributed by atoms with van der Waals surface area (Å²) < 4.78 is 5.36. The molecule has 1 aromatic carbocycles. The molecule has 0 atom stereocenters. The fourth-order valence-electron chi connectivity index (χ4n) is 2.80. The Hall–Kier alpha value is -1.30. The molecular weight excluding hydrogens is 318 g/mol. The Bertz CT molecular complexity index is 574. The van der Waals surface area contributed by atoms with Gasteiger partial charge in [-0.1, -0.05) is 17.7 Å². The molecule has 0 aromatic heterocycles. The van der Waals surface area contributed by atoms with Gasteiger partial charge in [0.25, 0.3) is 0 Å². The van der Waals surface area contributed by atoms with E-state index in [1.165, 1.54) is 0 Å². The lowest BCUT2D eigenvalue weighted by Gasteiger charge is -2.39. The molecule has 1 amide bonds. The van der Waals surface area contributed by atoms with Crippen LogP contribution in [0.15, 0.2) is 18.2 Å². The van der Waals surface area contributed by atoms with Crippen LogP contribution in [0.3, 0.4) is 0 Å². The molecule has 2 N–H and O–H groups in total. The van der Waals surface area contributed by atoms with Crippen molar-refractivity contribution in [1.82, 2.24) is 4.90 Å². The topological polar surface area (TPSA) is 70.0 Å². The van der Waals surface area contributed by atoms with Crippen LogP contribution in [0, 0.1) is 0 Å². The lowest BCUT2D eigenvalue weighted by Crippen LogP contribution is -2.47. The molecule has 0 unspecified atom stereocenters. The minimum absolute atomic E-state index is 0.187. The highest BCUT2D eigenvalue weighted by Crippen LogP contribution is 2.36. The highest BCUT2D eigenvalue weighted by atomic mass is 35.5. The van der Waals surface area contributed by atoms with Gasteiger partial charge in [-0.05, 0) is 56.9 Å². The average molecular weight is 342 g/mol. The van der Waals surface area contributed by atoms with Gasteiger partial charge in [-0.2, -0.15) is 0 Å². The number of aliphatic hydroxyl groups is 2. The highest BCUT2D eigenvalue weighted by molar-refractivity contribution is 6.30. The Morgan fingerprint density at radius 3 is 2.48 bits per heavy atom. The Morgan fingerprint density at radius 1 is 1.35 bits per heavy atom. The third kappa shape index (κ3) is 4.37. The van der Waals surface area contributed by atoms with Crippen molar-refractivity contribution >= 4 is 17.7 Å². The van der Waals surface area contributed by atoms with Crippen LogP contribution in [-0.2, 0) is 16.9 Å². The zero-order valence-corrected chi connectivity index (χ0v) is 14.6. The molecule has 1 aliphatic heterocycles. The Kier molecular flexibility index (Phi) is 5.23. The van der Waals surface area contributed by atoms with Crippen molar-refractivity contribution in [2.45, 2.75) is 51.4 Å². The number of hydrogen-bond acceptors (Lipinski definition) is 4. The van der Waals surface area contributed by atoms with E-state index in [4.69, 9.17) is 16.3 Å². The molecule has 0 radical (unpaired) electrons. The van der Waals surface area contributed by atoms with Crippen molar-refractivity contribution in [1.29, 1.82) is 0 Å². The summed E-state index contributed by atoms with van der Waals surface area (Å²) in [5, 5.41) is 21.0. The summed E-state index contributed by atoms with van der Waals surface area (Å²) in [6.45, 7) is 6.09. The predicted molar refractivity (Wildman–Crippen MR) is 88.3 cm³/mol. The molecule has 1 heterocycles. The number of carbonyl (C=O) groups excluding carboxylic acids is 1. The Labute approximate surface area is 141 Å². The third-order valence-electron chi connectivity index (χ3n) is 3.98. The highest BCUT2D eigenvalue weighted by Gasteiger charge is 2.37. The maximum Gasteiger partial charge on any atom is 0.410 e. The Balaban J connectivity index is 2.09. The first-order valence-electron chi connectivity index (χ1n) is 7.75. The van der Waals surface area contributed by atoms with E-state index in [-0.39, 0.29) is 12.7 Å². The number of ether oxygens (including phenoxy) is 1. The van der Waals surface area contributed by atoms with E-state index >= 15 is 0 Å². The molecule has 6 heteroatoms. The van der Waals surface area contributed by atoms with Crippen molar-refractivity contribution in [2.75, 3.05) is 13.1 Å². The molecule has 0 saturated carbocycles. The van der Waals surface area contributed by atoms with Gasteiger partial charge in [0.2, 0.25) is 0 Å². The van der Waals surface area contributed by atoms with Gasteiger partial charge in [0.15, 0.2) is 0 Å². The number of rotatable bonds is 2. The van der Waals surface area contributed by atoms with E-state index in [1.807, 2.05) is 20.8 Å². The smallest absolute Gasteiger partial charge is 0.410 e. The van der Waals surface area contributed by atoms with Gasteiger partial charge in [-0.25, -0.2) is 4.79 Å². The number of benzene rings is 1. The van der Waals surface area contributed by atoms with Gasteiger partial charge in [-0.3, -0.25) is 0 Å². The van der Waals surface area contributed by atoms with Gasteiger partial charge in [-0.15, -0.1) is 0 Å². The summed E-state index contributed by atoms with van der Waals surface area (Å²) in [6, 6.07) is 5.11. The SMILES string of the molecule is CC(C)(C)OC(=O)N1CCC(O)(c2ccc(Cl)cc2CO)CC1. The van der Waals surface area contributed by atoms with Crippen molar-refractivity contribution in [2.24, 2.45) is 0 Å². The number of hydrogen-bond donors (Lipinski definition) is 2. The lowest BCUT2D eigenvalue weighted by atomic mass is 9.82.